The average Bonchev–Trinajstić information content (AvgIpc) is 3.30. The van der Waals surface area contributed by atoms with Crippen molar-refractivity contribution in [2.45, 2.75) is 44.8 Å². The van der Waals surface area contributed by atoms with Gasteiger partial charge >= 0.3 is 5.97 Å². The summed E-state index contributed by atoms with van der Waals surface area (Å²) in [7, 11) is 0. The van der Waals surface area contributed by atoms with Crippen LogP contribution in [0, 0.1) is 0 Å². The SMILES string of the molecule is C[C@H](NC(=O)[C@H](C)N(C(=O)c1ccccc1)c1ccccc1)C(=O)N1CCC[C@H]1C(=O)O. The van der Waals surface area contributed by atoms with E-state index in [4.69, 9.17) is 0 Å². The van der Waals surface area contributed by atoms with E-state index < -0.39 is 35.9 Å². The number of carboxylic acids is 1. The molecule has 1 saturated heterocycles. The lowest BCUT2D eigenvalue weighted by Gasteiger charge is -2.30. The van der Waals surface area contributed by atoms with Crippen molar-refractivity contribution >= 4 is 29.4 Å². The van der Waals surface area contributed by atoms with E-state index in [-0.39, 0.29) is 5.91 Å². The van der Waals surface area contributed by atoms with Crippen LogP contribution < -0.4 is 10.2 Å². The van der Waals surface area contributed by atoms with Gasteiger partial charge < -0.3 is 15.3 Å². The molecule has 0 aromatic heterocycles. The Bertz CT molecular complexity index is 980. The molecule has 0 unspecified atom stereocenters. The number of nitrogens with one attached hydrogen (secondary N) is 1. The number of aliphatic carboxylic acids is 1. The maximum atomic E-state index is 13.2. The van der Waals surface area contributed by atoms with Gasteiger partial charge in [0.25, 0.3) is 5.91 Å². The van der Waals surface area contributed by atoms with Crippen LogP contribution in [0.15, 0.2) is 60.7 Å². The van der Waals surface area contributed by atoms with Gasteiger partial charge in [-0.1, -0.05) is 36.4 Å². The van der Waals surface area contributed by atoms with Crippen LogP contribution in [0.1, 0.15) is 37.0 Å². The lowest BCUT2D eigenvalue weighted by Crippen LogP contribution is -2.55. The van der Waals surface area contributed by atoms with Crippen molar-refractivity contribution in [1.82, 2.24) is 10.2 Å². The number of nitrogens with zero attached hydrogens (tertiary/aromatic N) is 2. The first-order chi connectivity index (χ1) is 15.3. The second-order valence-electron chi connectivity index (χ2n) is 7.81. The Morgan fingerprint density at radius 2 is 1.59 bits per heavy atom. The van der Waals surface area contributed by atoms with Gasteiger partial charge in [-0.15, -0.1) is 0 Å². The smallest absolute Gasteiger partial charge is 0.326 e. The van der Waals surface area contributed by atoms with Crippen molar-refractivity contribution in [3.8, 4) is 0 Å². The molecule has 2 aromatic rings. The number of para-hydroxylation sites is 1. The predicted octanol–water partition coefficient (Wildman–Crippen LogP) is 2.30. The number of carbonyl (C=O) groups excluding carboxylic acids is 3. The highest BCUT2D eigenvalue weighted by atomic mass is 16.4. The Hall–Kier alpha value is -3.68. The zero-order valence-corrected chi connectivity index (χ0v) is 18.1. The van der Waals surface area contributed by atoms with E-state index in [1.807, 2.05) is 6.07 Å². The lowest BCUT2D eigenvalue weighted by molar-refractivity contribution is -0.149. The zero-order chi connectivity index (χ0) is 23.3. The number of amides is 3. The summed E-state index contributed by atoms with van der Waals surface area (Å²) in [6.07, 6.45) is 0.999. The minimum absolute atomic E-state index is 0.341. The van der Waals surface area contributed by atoms with Gasteiger partial charge in [-0.25, -0.2) is 4.79 Å². The molecule has 0 bridgehead atoms. The second-order valence-corrected chi connectivity index (χ2v) is 7.81. The first-order valence-electron chi connectivity index (χ1n) is 10.6. The van der Waals surface area contributed by atoms with Crippen molar-refractivity contribution < 1.29 is 24.3 Å². The van der Waals surface area contributed by atoms with Crippen molar-refractivity contribution in [2.75, 3.05) is 11.4 Å². The Balaban J connectivity index is 1.78. The molecule has 1 fully saturated rings. The second kappa shape index (κ2) is 10.1. The topological polar surface area (TPSA) is 107 Å². The van der Waals surface area contributed by atoms with Crippen LogP contribution in [0.2, 0.25) is 0 Å². The van der Waals surface area contributed by atoms with Crippen molar-refractivity contribution in [2.24, 2.45) is 0 Å². The molecular weight excluding hydrogens is 410 g/mol. The largest absolute Gasteiger partial charge is 0.480 e. The zero-order valence-electron chi connectivity index (χ0n) is 18.1. The van der Waals surface area contributed by atoms with Crippen LogP contribution in [0.25, 0.3) is 0 Å². The van der Waals surface area contributed by atoms with Gasteiger partial charge in [0.05, 0.1) is 0 Å². The summed E-state index contributed by atoms with van der Waals surface area (Å²) in [5.41, 5.74) is 0.981. The number of carboxylic acid groups (broad SMARTS) is 1. The number of anilines is 1. The van der Waals surface area contributed by atoms with E-state index in [9.17, 15) is 24.3 Å². The van der Waals surface area contributed by atoms with Gasteiger partial charge in [0, 0.05) is 17.8 Å². The number of carbonyl (C=O) groups is 4. The molecule has 8 nitrogen and oxygen atoms in total. The van der Waals surface area contributed by atoms with E-state index >= 15 is 0 Å². The minimum atomic E-state index is -1.05. The van der Waals surface area contributed by atoms with Gasteiger partial charge in [0.1, 0.15) is 18.1 Å². The molecule has 1 aliphatic rings. The molecule has 32 heavy (non-hydrogen) atoms. The van der Waals surface area contributed by atoms with E-state index in [0.29, 0.717) is 30.6 Å². The fourth-order valence-corrected chi connectivity index (χ4v) is 3.87. The molecule has 0 radical (unpaired) electrons. The summed E-state index contributed by atoms with van der Waals surface area (Å²) >= 11 is 0. The minimum Gasteiger partial charge on any atom is -0.480 e. The Labute approximate surface area is 186 Å². The summed E-state index contributed by atoms with van der Waals surface area (Å²) in [6.45, 7) is 3.46. The van der Waals surface area contributed by atoms with Crippen LogP contribution >= 0.6 is 0 Å². The molecular formula is C24H27N3O5. The molecule has 3 amide bonds. The fraction of sp³-hybridized carbons (Fsp3) is 0.333. The normalized spacial score (nSPS) is 17.3. The highest BCUT2D eigenvalue weighted by Crippen LogP contribution is 2.21. The molecule has 1 heterocycles. The van der Waals surface area contributed by atoms with Gasteiger partial charge in [0.15, 0.2) is 0 Å². The third-order valence-corrected chi connectivity index (χ3v) is 5.59. The molecule has 0 aliphatic carbocycles. The molecule has 168 valence electrons. The summed E-state index contributed by atoms with van der Waals surface area (Å²) in [6, 6.07) is 14.8. The number of rotatable bonds is 7. The fourth-order valence-electron chi connectivity index (χ4n) is 3.87. The molecule has 3 rings (SSSR count). The van der Waals surface area contributed by atoms with Gasteiger partial charge in [0.2, 0.25) is 11.8 Å². The summed E-state index contributed by atoms with van der Waals surface area (Å²) < 4.78 is 0. The van der Waals surface area contributed by atoms with Gasteiger partial charge in [-0.05, 0) is 51.0 Å². The third-order valence-electron chi connectivity index (χ3n) is 5.59. The Morgan fingerprint density at radius 3 is 2.19 bits per heavy atom. The van der Waals surface area contributed by atoms with E-state index in [0.717, 1.165) is 0 Å². The van der Waals surface area contributed by atoms with Gasteiger partial charge in [-0.2, -0.15) is 0 Å². The third kappa shape index (κ3) is 4.96. The van der Waals surface area contributed by atoms with Crippen LogP contribution in [0.3, 0.4) is 0 Å². The average molecular weight is 437 g/mol. The van der Waals surface area contributed by atoms with Crippen LogP contribution in [-0.4, -0.2) is 58.4 Å². The summed E-state index contributed by atoms with van der Waals surface area (Å²) in [5, 5.41) is 12.0. The molecule has 0 saturated carbocycles. The van der Waals surface area contributed by atoms with Crippen LogP contribution in [0.4, 0.5) is 5.69 Å². The maximum absolute atomic E-state index is 13.2. The molecule has 1 aliphatic heterocycles. The number of hydrogen-bond acceptors (Lipinski definition) is 4. The van der Waals surface area contributed by atoms with E-state index in [2.05, 4.69) is 5.32 Å². The summed E-state index contributed by atoms with van der Waals surface area (Å²) in [4.78, 5) is 53.2. The highest BCUT2D eigenvalue weighted by Gasteiger charge is 2.37. The Morgan fingerprint density at radius 1 is 1.00 bits per heavy atom. The molecule has 8 heteroatoms. The number of hydrogen-bond donors (Lipinski definition) is 2. The monoisotopic (exact) mass is 437 g/mol. The van der Waals surface area contributed by atoms with E-state index in [1.165, 1.54) is 16.7 Å². The van der Waals surface area contributed by atoms with Crippen molar-refractivity contribution in [3.05, 3.63) is 66.2 Å². The quantitative estimate of drug-likeness (QED) is 0.691. The molecule has 2 aromatic carbocycles. The first kappa shape index (κ1) is 23.0. The summed E-state index contributed by atoms with van der Waals surface area (Å²) in [5.74, 6) is -2.35. The highest BCUT2D eigenvalue weighted by molar-refractivity contribution is 6.10. The number of benzene rings is 2. The molecule has 3 atom stereocenters. The van der Waals surface area contributed by atoms with E-state index in [1.54, 1.807) is 61.5 Å². The standard InChI is InChI=1S/C24H27N3O5/c1-16(22(29)26-15-9-14-20(26)24(31)32)25-21(28)17(2)27(19-12-7-4-8-13-19)23(30)18-10-5-3-6-11-18/h3-8,10-13,16-17,20H,9,14-15H2,1-2H3,(H,25,28)(H,31,32)/t16-,17-,20-/m0/s1. The van der Waals surface area contributed by atoms with Crippen LogP contribution in [0.5, 0.6) is 0 Å². The Kier molecular flexibility index (Phi) is 7.25. The van der Waals surface area contributed by atoms with Crippen molar-refractivity contribution in [1.29, 1.82) is 0 Å². The lowest BCUT2D eigenvalue weighted by atomic mass is 10.1. The molecule has 0 spiro atoms. The predicted molar refractivity (Wildman–Crippen MR) is 119 cm³/mol. The maximum Gasteiger partial charge on any atom is 0.326 e. The van der Waals surface area contributed by atoms with Crippen LogP contribution in [-0.2, 0) is 14.4 Å². The number of likely N-dealkylation sites (tertiary alicyclic amines) is 1. The first-order valence-corrected chi connectivity index (χ1v) is 10.6. The molecule has 2 N–H and O–H groups in total. The van der Waals surface area contributed by atoms with Gasteiger partial charge in [-0.3, -0.25) is 19.3 Å². The van der Waals surface area contributed by atoms with Crippen molar-refractivity contribution in [3.63, 3.8) is 0 Å².